The lowest BCUT2D eigenvalue weighted by Crippen LogP contribution is -2.06. The fraction of sp³-hybridized carbons (Fsp3) is 0.188. The zero-order valence-electron chi connectivity index (χ0n) is 14.3. The maximum Gasteiger partial charge on any atom is 0.307 e. The number of aromatic nitrogens is 4. The highest BCUT2D eigenvalue weighted by Gasteiger charge is 2.13. The molecule has 1 aromatic carbocycles. The van der Waals surface area contributed by atoms with E-state index in [2.05, 4.69) is 20.4 Å². The molecule has 134 valence electrons. The molecule has 1 N–H and O–H groups in total. The Bertz CT molecular complexity index is 956. The summed E-state index contributed by atoms with van der Waals surface area (Å²) in [7, 11) is 3.13. The molecule has 2 aromatic heterocycles. The first kappa shape index (κ1) is 17.1. The Hall–Kier alpha value is -3.69. The third-order valence-electron chi connectivity index (χ3n) is 3.50. The van der Waals surface area contributed by atoms with Crippen LogP contribution in [-0.2, 0) is 0 Å². The Balaban J connectivity index is 1.94. The first-order valence-corrected chi connectivity index (χ1v) is 7.54. The molecule has 0 amide bonds. The standard InChI is InChI=1S/C16H16N6O4/c1-10-6-15(19-13-5-4-12(25-2)7-14(13)26-3)20-16(18-10)21-9-11(8-17-21)22(23)24/h4-9H,1-3H3,(H,18,19,20). The van der Waals surface area contributed by atoms with Crippen molar-refractivity contribution in [3.63, 3.8) is 0 Å². The number of ether oxygens (including phenoxy) is 2. The van der Waals surface area contributed by atoms with Gasteiger partial charge >= 0.3 is 5.69 Å². The van der Waals surface area contributed by atoms with Crippen molar-refractivity contribution < 1.29 is 14.4 Å². The average Bonchev–Trinajstić information content (AvgIpc) is 3.12. The van der Waals surface area contributed by atoms with Gasteiger partial charge in [-0.05, 0) is 19.1 Å². The number of nitro groups is 1. The van der Waals surface area contributed by atoms with E-state index in [1.54, 1.807) is 45.4 Å². The Labute approximate surface area is 148 Å². The highest BCUT2D eigenvalue weighted by molar-refractivity contribution is 5.66. The molecule has 3 aromatic rings. The van der Waals surface area contributed by atoms with E-state index >= 15 is 0 Å². The zero-order valence-corrected chi connectivity index (χ0v) is 14.3. The van der Waals surface area contributed by atoms with Crippen LogP contribution < -0.4 is 14.8 Å². The Morgan fingerprint density at radius 1 is 1.19 bits per heavy atom. The third kappa shape index (κ3) is 3.53. The van der Waals surface area contributed by atoms with E-state index in [1.807, 2.05) is 0 Å². The van der Waals surface area contributed by atoms with E-state index < -0.39 is 4.92 Å². The van der Waals surface area contributed by atoms with E-state index in [0.29, 0.717) is 28.7 Å². The van der Waals surface area contributed by atoms with Crippen LogP contribution in [0.2, 0.25) is 0 Å². The number of benzene rings is 1. The number of nitrogens with one attached hydrogen (secondary N) is 1. The van der Waals surface area contributed by atoms with E-state index in [4.69, 9.17) is 9.47 Å². The summed E-state index contributed by atoms with van der Waals surface area (Å²) in [5.74, 6) is 1.95. The minimum absolute atomic E-state index is 0.138. The molecule has 3 rings (SSSR count). The van der Waals surface area contributed by atoms with Crippen LogP contribution in [0.5, 0.6) is 11.5 Å². The van der Waals surface area contributed by atoms with Gasteiger partial charge in [0.15, 0.2) is 0 Å². The van der Waals surface area contributed by atoms with Crippen LogP contribution in [0.4, 0.5) is 17.2 Å². The third-order valence-corrected chi connectivity index (χ3v) is 3.50. The second kappa shape index (κ2) is 7.05. The smallest absolute Gasteiger partial charge is 0.307 e. The molecule has 2 heterocycles. The van der Waals surface area contributed by atoms with Gasteiger partial charge in [0.1, 0.15) is 29.7 Å². The molecule has 26 heavy (non-hydrogen) atoms. The molecule has 0 spiro atoms. The summed E-state index contributed by atoms with van der Waals surface area (Å²) in [4.78, 5) is 18.9. The highest BCUT2D eigenvalue weighted by Crippen LogP contribution is 2.31. The summed E-state index contributed by atoms with van der Waals surface area (Å²) in [6, 6.07) is 7.07. The van der Waals surface area contributed by atoms with Gasteiger partial charge in [0.05, 0.1) is 24.8 Å². The van der Waals surface area contributed by atoms with E-state index in [9.17, 15) is 10.1 Å². The average molecular weight is 356 g/mol. The number of rotatable bonds is 6. The molecule has 0 fully saturated rings. The SMILES string of the molecule is COc1ccc(Nc2cc(C)nc(-n3cc([N+](=O)[O-])cn3)n2)c(OC)c1. The molecule has 0 radical (unpaired) electrons. The maximum absolute atomic E-state index is 10.8. The Kier molecular flexibility index (Phi) is 4.65. The lowest BCUT2D eigenvalue weighted by Gasteiger charge is -2.13. The number of hydrogen-bond acceptors (Lipinski definition) is 8. The molecule has 0 atom stereocenters. The molecule has 0 saturated heterocycles. The molecule has 10 nitrogen and oxygen atoms in total. The van der Waals surface area contributed by atoms with Crippen molar-refractivity contribution in [2.75, 3.05) is 19.5 Å². The largest absolute Gasteiger partial charge is 0.497 e. The number of methoxy groups -OCH3 is 2. The Morgan fingerprint density at radius 3 is 2.65 bits per heavy atom. The van der Waals surface area contributed by atoms with Crippen LogP contribution in [0.1, 0.15) is 5.69 Å². The van der Waals surface area contributed by atoms with Crippen molar-refractivity contribution >= 4 is 17.2 Å². The highest BCUT2D eigenvalue weighted by atomic mass is 16.6. The number of nitrogens with zero attached hydrogens (tertiary/aromatic N) is 5. The van der Waals surface area contributed by atoms with Crippen molar-refractivity contribution in [2.24, 2.45) is 0 Å². The minimum Gasteiger partial charge on any atom is -0.497 e. The molecule has 0 bridgehead atoms. The quantitative estimate of drug-likeness (QED) is 0.529. The molecule has 0 unspecified atom stereocenters. The topological polar surface area (TPSA) is 117 Å². The van der Waals surface area contributed by atoms with Gasteiger partial charge < -0.3 is 14.8 Å². The van der Waals surface area contributed by atoms with Crippen LogP contribution in [0.3, 0.4) is 0 Å². The minimum atomic E-state index is -0.527. The molecular weight excluding hydrogens is 340 g/mol. The molecule has 0 aliphatic heterocycles. The lowest BCUT2D eigenvalue weighted by atomic mass is 10.2. The Morgan fingerprint density at radius 2 is 2.00 bits per heavy atom. The maximum atomic E-state index is 10.8. The number of aryl methyl sites for hydroxylation is 1. The van der Waals surface area contributed by atoms with Gasteiger partial charge in [-0.2, -0.15) is 14.8 Å². The van der Waals surface area contributed by atoms with Crippen LogP contribution in [0.15, 0.2) is 36.7 Å². The number of hydrogen-bond donors (Lipinski definition) is 1. The normalized spacial score (nSPS) is 10.4. The number of anilines is 2. The van der Waals surface area contributed by atoms with Gasteiger partial charge in [-0.15, -0.1) is 0 Å². The van der Waals surface area contributed by atoms with Gasteiger partial charge in [-0.3, -0.25) is 10.1 Å². The summed E-state index contributed by atoms with van der Waals surface area (Å²) in [6.07, 6.45) is 2.40. The monoisotopic (exact) mass is 356 g/mol. The lowest BCUT2D eigenvalue weighted by molar-refractivity contribution is -0.384. The second-order valence-electron chi connectivity index (χ2n) is 5.29. The van der Waals surface area contributed by atoms with E-state index in [-0.39, 0.29) is 11.6 Å². The summed E-state index contributed by atoms with van der Waals surface area (Å²) in [6.45, 7) is 1.79. The van der Waals surface area contributed by atoms with Gasteiger partial charge in [0.2, 0.25) is 0 Å². The summed E-state index contributed by atoms with van der Waals surface area (Å²) >= 11 is 0. The predicted molar refractivity (Wildman–Crippen MR) is 93.4 cm³/mol. The fourth-order valence-electron chi connectivity index (χ4n) is 2.28. The van der Waals surface area contributed by atoms with Gasteiger partial charge in [-0.25, -0.2) is 4.98 Å². The van der Waals surface area contributed by atoms with Gasteiger partial charge in [-0.1, -0.05) is 0 Å². The molecule has 10 heteroatoms. The van der Waals surface area contributed by atoms with Crippen molar-refractivity contribution in [3.8, 4) is 17.4 Å². The summed E-state index contributed by atoms with van der Waals surface area (Å²) < 4.78 is 11.8. The van der Waals surface area contributed by atoms with Crippen molar-refractivity contribution in [1.82, 2.24) is 19.7 Å². The first-order chi connectivity index (χ1) is 12.5. The van der Waals surface area contributed by atoms with Gasteiger partial charge in [0, 0.05) is 17.8 Å². The molecular formula is C16H16N6O4. The zero-order chi connectivity index (χ0) is 18.7. The van der Waals surface area contributed by atoms with Crippen LogP contribution in [-0.4, -0.2) is 38.9 Å². The summed E-state index contributed by atoms with van der Waals surface area (Å²) in [5, 5.41) is 17.9. The second-order valence-corrected chi connectivity index (χ2v) is 5.29. The van der Waals surface area contributed by atoms with E-state index in [0.717, 1.165) is 6.20 Å². The summed E-state index contributed by atoms with van der Waals surface area (Å²) in [5.41, 5.74) is 1.22. The van der Waals surface area contributed by atoms with Crippen LogP contribution in [0, 0.1) is 17.0 Å². The molecule has 0 saturated carbocycles. The van der Waals surface area contributed by atoms with Crippen LogP contribution in [0.25, 0.3) is 5.95 Å². The van der Waals surface area contributed by atoms with Crippen LogP contribution >= 0.6 is 0 Å². The van der Waals surface area contributed by atoms with Crippen molar-refractivity contribution in [1.29, 1.82) is 0 Å². The van der Waals surface area contributed by atoms with Gasteiger partial charge in [0.25, 0.3) is 5.95 Å². The predicted octanol–water partition coefficient (Wildman–Crippen LogP) is 2.64. The molecule has 0 aliphatic rings. The van der Waals surface area contributed by atoms with Crippen molar-refractivity contribution in [2.45, 2.75) is 6.92 Å². The molecule has 0 aliphatic carbocycles. The fourth-order valence-corrected chi connectivity index (χ4v) is 2.28. The van der Waals surface area contributed by atoms with E-state index in [1.165, 1.54) is 10.9 Å². The first-order valence-electron chi connectivity index (χ1n) is 7.54. The van der Waals surface area contributed by atoms with Crippen molar-refractivity contribution in [3.05, 3.63) is 52.5 Å².